The van der Waals surface area contributed by atoms with Crippen LogP contribution in [0.3, 0.4) is 0 Å². The first-order chi connectivity index (χ1) is 10.2. The minimum Gasteiger partial charge on any atom is -0.373 e. The normalized spacial score (nSPS) is 17.7. The smallest absolute Gasteiger partial charge is 0.242 e. The molecule has 0 spiro atoms. The van der Waals surface area contributed by atoms with Gasteiger partial charge in [0.25, 0.3) is 0 Å². The van der Waals surface area contributed by atoms with Gasteiger partial charge in [0.15, 0.2) is 0 Å². The number of anilines is 1. The van der Waals surface area contributed by atoms with Crippen LogP contribution >= 0.6 is 0 Å². The quantitative estimate of drug-likeness (QED) is 0.904. The number of rotatable bonds is 4. The van der Waals surface area contributed by atoms with E-state index in [2.05, 4.69) is 35.8 Å². The molecule has 0 saturated heterocycles. The number of carbonyl (C=O) groups excluding carboxylic acids is 1. The molecule has 108 valence electrons. The Labute approximate surface area is 125 Å². The molecule has 3 heteroatoms. The van der Waals surface area contributed by atoms with Crippen molar-refractivity contribution in [3.05, 3.63) is 65.7 Å². The van der Waals surface area contributed by atoms with Crippen molar-refractivity contribution in [3.8, 4) is 0 Å². The second kappa shape index (κ2) is 6.00. The lowest BCUT2D eigenvalue weighted by molar-refractivity contribution is -0.121. The highest BCUT2D eigenvalue weighted by Gasteiger charge is 2.26. The third kappa shape index (κ3) is 3.07. The SMILES string of the molecule is CC(CNC(=O)C1Cc2ccccc2N1)c1ccccc1. The summed E-state index contributed by atoms with van der Waals surface area (Å²) in [7, 11) is 0. The van der Waals surface area contributed by atoms with Gasteiger partial charge in [-0.15, -0.1) is 0 Å². The zero-order chi connectivity index (χ0) is 14.7. The summed E-state index contributed by atoms with van der Waals surface area (Å²) in [6.07, 6.45) is 0.766. The molecule has 3 rings (SSSR count). The van der Waals surface area contributed by atoms with Crippen molar-refractivity contribution < 1.29 is 4.79 Å². The monoisotopic (exact) mass is 280 g/mol. The summed E-state index contributed by atoms with van der Waals surface area (Å²) in [5.74, 6) is 0.396. The molecule has 0 saturated carbocycles. The van der Waals surface area contributed by atoms with Gasteiger partial charge < -0.3 is 10.6 Å². The predicted molar refractivity (Wildman–Crippen MR) is 85.4 cm³/mol. The number of hydrogen-bond acceptors (Lipinski definition) is 2. The van der Waals surface area contributed by atoms with E-state index in [1.54, 1.807) is 0 Å². The zero-order valence-electron chi connectivity index (χ0n) is 12.2. The molecular weight excluding hydrogens is 260 g/mol. The zero-order valence-corrected chi connectivity index (χ0v) is 12.2. The molecule has 1 amide bonds. The maximum absolute atomic E-state index is 12.3. The maximum atomic E-state index is 12.3. The standard InChI is InChI=1S/C18H20N2O/c1-13(14-7-3-2-4-8-14)12-19-18(21)17-11-15-9-5-6-10-16(15)20-17/h2-10,13,17,20H,11-12H2,1H3,(H,19,21). The number of amides is 1. The summed E-state index contributed by atoms with van der Waals surface area (Å²) in [6, 6.07) is 18.2. The van der Waals surface area contributed by atoms with Crippen LogP contribution in [-0.2, 0) is 11.2 Å². The Balaban J connectivity index is 1.54. The van der Waals surface area contributed by atoms with Crippen molar-refractivity contribution in [2.24, 2.45) is 0 Å². The lowest BCUT2D eigenvalue weighted by Crippen LogP contribution is -2.39. The lowest BCUT2D eigenvalue weighted by atomic mass is 10.0. The van der Waals surface area contributed by atoms with Crippen molar-refractivity contribution in [3.63, 3.8) is 0 Å². The third-order valence-electron chi connectivity index (χ3n) is 4.04. The summed E-state index contributed by atoms with van der Waals surface area (Å²) < 4.78 is 0. The van der Waals surface area contributed by atoms with E-state index in [9.17, 15) is 4.79 Å². The fourth-order valence-electron chi connectivity index (χ4n) is 2.73. The second-order valence-electron chi connectivity index (χ2n) is 5.62. The fourth-order valence-corrected chi connectivity index (χ4v) is 2.73. The van der Waals surface area contributed by atoms with E-state index >= 15 is 0 Å². The average Bonchev–Trinajstić information content (AvgIpc) is 2.97. The Bertz CT molecular complexity index is 599. The highest BCUT2D eigenvalue weighted by atomic mass is 16.2. The Morgan fingerprint density at radius 2 is 1.90 bits per heavy atom. The molecule has 2 aromatic rings. The number of para-hydroxylation sites is 1. The average molecular weight is 280 g/mol. The Kier molecular flexibility index (Phi) is 3.91. The fraction of sp³-hybridized carbons (Fsp3) is 0.278. The largest absolute Gasteiger partial charge is 0.373 e. The molecule has 3 nitrogen and oxygen atoms in total. The highest BCUT2D eigenvalue weighted by Crippen LogP contribution is 2.25. The van der Waals surface area contributed by atoms with Crippen LogP contribution in [0.4, 0.5) is 5.69 Å². The summed E-state index contributed by atoms with van der Waals surface area (Å²) in [6.45, 7) is 2.80. The van der Waals surface area contributed by atoms with Gasteiger partial charge in [-0.25, -0.2) is 0 Å². The third-order valence-corrected chi connectivity index (χ3v) is 4.04. The van der Waals surface area contributed by atoms with E-state index in [-0.39, 0.29) is 11.9 Å². The molecule has 2 aromatic carbocycles. The number of benzene rings is 2. The molecule has 21 heavy (non-hydrogen) atoms. The molecule has 1 aliphatic rings. The maximum Gasteiger partial charge on any atom is 0.242 e. The number of hydrogen-bond donors (Lipinski definition) is 2. The Hall–Kier alpha value is -2.29. The van der Waals surface area contributed by atoms with Gasteiger partial charge >= 0.3 is 0 Å². The van der Waals surface area contributed by atoms with Crippen LogP contribution in [0.1, 0.15) is 24.0 Å². The molecule has 0 fully saturated rings. The van der Waals surface area contributed by atoms with Crippen LogP contribution in [0.15, 0.2) is 54.6 Å². The van der Waals surface area contributed by atoms with Gasteiger partial charge in [0.05, 0.1) is 0 Å². The topological polar surface area (TPSA) is 41.1 Å². The van der Waals surface area contributed by atoms with Gasteiger partial charge in [0, 0.05) is 18.7 Å². The molecule has 2 atom stereocenters. The molecule has 0 radical (unpaired) electrons. The molecular formula is C18H20N2O. The first kappa shape index (κ1) is 13.7. The number of nitrogens with one attached hydrogen (secondary N) is 2. The first-order valence-corrected chi connectivity index (χ1v) is 7.41. The van der Waals surface area contributed by atoms with Gasteiger partial charge in [-0.05, 0) is 23.1 Å². The van der Waals surface area contributed by atoms with Gasteiger partial charge in [-0.1, -0.05) is 55.5 Å². The van der Waals surface area contributed by atoms with E-state index in [0.717, 1.165) is 12.1 Å². The minimum atomic E-state index is -0.148. The Morgan fingerprint density at radius 3 is 2.67 bits per heavy atom. The van der Waals surface area contributed by atoms with E-state index in [1.807, 2.05) is 36.4 Å². The van der Waals surface area contributed by atoms with Crippen LogP contribution < -0.4 is 10.6 Å². The molecule has 1 aliphatic heterocycles. The van der Waals surface area contributed by atoms with Crippen LogP contribution in [0.5, 0.6) is 0 Å². The molecule has 0 aromatic heterocycles. The van der Waals surface area contributed by atoms with E-state index < -0.39 is 0 Å². The van der Waals surface area contributed by atoms with Crippen molar-refractivity contribution in [1.82, 2.24) is 5.32 Å². The lowest BCUT2D eigenvalue weighted by Gasteiger charge is -2.16. The molecule has 2 N–H and O–H groups in total. The Morgan fingerprint density at radius 1 is 1.19 bits per heavy atom. The van der Waals surface area contributed by atoms with Crippen LogP contribution in [0, 0.1) is 0 Å². The van der Waals surface area contributed by atoms with Gasteiger partial charge in [0.1, 0.15) is 6.04 Å². The predicted octanol–water partition coefficient (Wildman–Crippen LogP) is 2.94. The van der Waals surface area contributed by atoms with Crippen molar-refractivity contribution in [2.75, 3.05) is 11.9 Å². The highest BCUT2D eigenvalue weighted by molar-refractivity contribution is 5.87. The van der Waals surface area contributed by atoms with Crippen molar-refractivity contribution >= 4 is 11.6 Å². The van der Waals surface area contributed by atoms with Crippen LogP contribution in [0.2, 0.25) is 0 Å². The van der Waals surface area contributed by atoms with E-state index in [4.69, 9.17) is 0 Å². The number of fused-ring (bicyclic) bond motifs is 1. The second-order valence-corrected chi connectivity index (χ2v) is 5.62. The molecule has 1 heterocycles. The van der Waals surface area contributed by atoms with Gasteiger partial charge in [-0.3, -0.25) is 4.79 Å². The molecule has 0 aliphatic carbocycles. The van der Waals surface area contributed by atoms with Crippen LogP contribution in [0.25, 0.3) is 0 Å². The summed E-state index contributed by atoms with van der Waals surface area (Å²) >= 11 is 0. The summed E-state index contributed by atoms with van der Waals surface area (Å²) in [5.41, 5.74) is 3.54. The first-order valence-electron chi connectivity index (χ1n) is 7.41. The molecule has 0 bridgehead atoms. The van der Waals surface area contributed by atoms with Crippen molar-refractivity contribution in [1.29, 1.82) is 0 Å². The number of carbonyl (C=O) groups is 1. The summed E-state index contributed by atoms with van der Waals surface area (Å²) in [5, 5.41) is 6.34. The molecule has 2 unspecified atom stereocenters. The van der Waals surface area contributed by atoms with Gasteiger partial charge in [0.2, 0.25) is 5.91 Å². The van der Waals surface area contributed by atoms with E-state index in [1.165, 1.54) is 11.1 Å². The van der Waals surface area contributed by atoms with Crippen molar-refractivity contribution in [2.45, 2.75) is 25.3 Å². The van der Waals surface area contributed by atoms with Crippen LogP contribution in [-0.4, -0.2) is 18.5 Å². The van der Waals surface area contributed by atoms with Gasteiger partial charge in [-0.2, -0.15) is 0 Å². The minimum absolute atomic E-state index is 0.0778. The summed E-state index contributed by atoms with van der Waals surface area (Å²) in [4.78, 5) is 12.3. The van der Waals surface area contributed by atoms with E-state index in [0.29, 0.717) is 12.5 Å².